The molecule has 4 rings (SSSR count). The van der Waals surface area contributed by atoms with Crippen LogP contribution in [-0.4, -0.2) is 45.5 Å². The molecule has 1 fully saturated rings. The van der Waals surface area contributed by atoms with Gasteiger partial charge in [0.1, 0.15) is 12.4 Å². The maximum atomic E-state index is 13.5. The first-order valence-electron chi connectivity index (χ1n) is 12.9. The first-order chi connectivity index (χ1) is 17.9. The highest BCUT2D eigenvalue weighted by Gasteiger charge is 2.27. The molecule has 3 N–H and O–H groups in total. The Labute approximate surface area is 216 Å². The number of aryl methyl sites for hydroxylation is 1. The summed E-state index contributed by atoms with van der Waals surface area (Å²) in [5.41, 5.74) is 3.35. The molecular weight excluding hydrogens is 472 g/mol. The number of imidazole rings is 1. The van der Waals surface area contributed by atoms with E-state index in [-0.39, 0.29) is 24.9 Å². The van der Waals surface area contributed by atoms with Crippen molar-refractivity contribution >= 4 is 29.3 Å². The number of amides is 1. The molecule has 0 saturated heterocycles. The molecule has 196 valence electrons. The minimum atomic E-state index is -1.00. The van der Waals surface area contributed by atoms with Crippen LogP contribution in [0.4, 0.5) is 5.82 Å². The van der Waals surface area contributed by atoms with E-state index in [0.29, 0.717) is 23.6 Å². The summed E-state index contributed by atoms with van der Waals surface area (Å²) < 4.78 is 6.88. The molecular formula is C28H34N4O5. The number of esters is 1. The number of nitrogens with zero attached hydrogens (tertiary/aromatic N) is 2. The van der Waals surface area contributed by atoms with Crippen molar-refractivity contribution < 1.29 is 24.2 Å². The Morgan fingerprint density at radius 2 is 1.95 bits per heavy atom. The van der Waals surface area contributed by atoms with E-state index in [4.69, 9.17) is 9.72 Å². The fraction of sp³-hybridized carbons (Fsp3) is 0.429. The van der Waals surface area contributed by atoms with Crippen molar-refractivity contribution in [1.82, 2.24) is 14.7 Å². The maximum absolute atomic E-state index is 13.5. The second-order valence-electron chi connectivity index (χ2n) is 9.49. The predicted molar refractivity (Wildman–Crippen MR) is 140 cm³/mol. The van der Waals surface area contributed by atoms with Gasteiger partial charge in [-0.05, 0) is 44.4 Å². The molecule has 0 spiro atoms. The highest BCUT2D eigenvalue weighted by atomic mass is 16.5. The van der Waals surface area contributed by atoms with Gasteiger partial charge >= 0.3 is 11.9 Å². The minimum Gasteiger partial charge on any atom is -0.481 e. The van der Waals surface area contributed by atoms with Gasteiger partial charge in [0.15, 0.2) is 5.65 Å². The lowest BCUT2D eigenvalue weighted by molar-refractivity contribution is -0.141. The average molecular weight is 507 g/mol. The summed E-state index contributed by atoms with van der Waals surface area (Å²) in [6.07, 6.45) is 6.96. The number of benzene rings is 1. The molecule has 37 heavy (non-hydrogen) atoms. The third kappa shape index (κ3) is 6.28. The summed E-state index contributed by atoms with van der Waals surface area (Å²) in [4.78, 5) is 42.1. The lowest BCUT2D eigenvalue weighted by Gasteiger charge is -2.21. The Balaban J connectivity index is 1.69. The van der Waals surface area contributed by atoms with Crippen LogP contribution in [-0.2, 0) is 14.3 Å². The normalized spacial score (nSPS) is 14.8. The zero-order valence-electron chi connectivity index (χ0n) is 21.3. The molecule has 3 aromatic rings. The molecule has 9 nitrogen and oxygen atoms in total. The van der Waals surface area contributed by atoms with Crippen LogP contribution < -0.4 is 10.6 Å². The second kappa shape index (κ2) is 11.9. The van der Waals surface area contributed by atoms with Crippen molar-refractivity contribution in [1.29, 1.82) is 0 Å². The third-order valence-corrected chi connectivity index (χ3v) is 6.75. The number of fused-ring (bicyclic) bond motifs is 1. The first kappa shape index (κ1) is 26.2. The second-order valence-corrected chi connectivity index (χ2v) is 9.49. The highest BCUT2D eigenvalue weighted by Crippen LogP contribution is 2.37. The predicted octanol–water partition coefficient (Wildman–Crippen LogP) is 4.61. The van der Waals surface area contributed by atoms with Crippen LogP contribution in [0.5, 0.6) is 0 Å². The largest absolute Gasteiger partial charge is 0.481 e. The van der Waals surface area contributed by atoms with E-state index in [0.717, 1.165) is 42.5 Å². The molecule has 1 atom stereocenters. The van der Waals surface area contributed by atoms with E-state index in [1.165, 1.54) is 6.42 Å². The van der Waals surface area contributed by atoms with Gasteiger partial charge in [0, 0.05) is 12.1 Å². The summed E-state index contributed by atoms with van der Waals surface area (Å²) in [6, 6.07) is 10.2. The van der Waals surface area contributed by atoms with Crippen LogP contribution in [0, 0.1) is 6.92 Å². The van der Waals surface area contributed by atoms with Gasteiger partial charge in [-0.3, -0.25) is 18.8 Å². The summed E-state index contributed by atoms with van der Waals surface area (Å²) in [5.74, 6) is -0.867. The van der Waals surface area contributed by atoms with Crippen molar-refractivity contribution in [3.05, 3.63) is 65.0 Å². The fourth-order valence-corrected chi connectivity index (χ4v) is 5.02. The number of carboxylic acid groups (broad SMARTS) is 1. The van der Waals surface area contributed by atoms with Crippen molar-refractivity contribution in [3.63, 3.8) is 0 Å². The number of nitrogens with one attached hydrogen (secondary N) is 2. The Kier molecular flexibility index (Phi) is 8.43. The standard InChI is InChI=1S/C28H34N4O5/c1-3-37-24(35)17-29-27-25(19-10-5-4-6-11-19)31-26-21(13-8-14-32(26)27)28(36)30-22(16-23(33)34)20-12-7-9-18(2)15-20/h7-9,12-15,19,22,29H,3-6,10-11,16-17H2,1-2H3,(H,30,36)(H,33,34). The van der Waals surface area contributed by atoms with E-state index >= 15 is 0 Å². The fourth-order valence-electron chi connectivity index (χ4n) is 5.02. The molecule has 0 radical (unpaired) electrons. The molecule has 1 unspecified atom stereocenters. The van der Waals surface area contributed by atoms with E-state index in [9.17, 15) is 19.5 Å². The van der Waals surface area contributed by atoms with Crippen LogP contribution >= 0.6 is 0 Å². The van der Waals surface area contributed by atoms with Gasteiger partial charge in [0.05, 0.1) is 30.3 Å². The monoisotopic (exact) mass is 506 g/mol. The van der Waals surface area contributed by atoms with Gasteiger partial charge in [0.2, 0.25) is 0 Å². The van der Waals surface area contributed by atoms with Crippen molar-refractivity contribution in [2.45, 2.75) is 64.3 Å². The molecule has 0 bridgehead atoms. The average Bonchev–Trinajstić information content (AvgIpc) is 3.26. The lowest BCUT2D eigenvalue weighted by Crippen LogP contribution is -2.30. The Morgan fingerprint density at radius 3 is 2.65 bits per heavy atom. The molecule has 1 aliphatic rings. The number of ether oxygens (including phenoxy) is 1. The lowest BCUT2D eigenvalue weighted by atomic mass is 9.87. The van der Waals surface area contributed by atoms with Crippen LogP contribution in [0.25, 0.3) is 5.65 Å². The molecule has 1 aliphatic carbocycles. The van der Waals surface area contributed by atoms with Crippen molar-refractivity contribution in [2.24, 2.45) is 0 Å². The number of carbonyl (C=O) groups excluding carboxylic acids is 2. The maximum Gasteiger partial charge on any atom is 0.325 e. The number of hydrogen-bond acceptors (Lipinski definition) is 6. The molecule has 0 aliphatic heterocycles. The van der Waals surface area contributed by atoms with Gasteiger partial charge in [0.25, 0.3) is 5.91 Å². The van der Waals surface area contributed by atoms with E-state index in [2.05, 4.69) is 10.6 Å². The van der Waals surface area contributed by atoms with Crippen LogP contribution in [0.2, 0.25) is 0 Å². The zero-order chi connectivity index (χ0) is 26.4. The van der Waals surface area contributed by atoms with E-state index in [1.807, 2.05) is 37.4 Å². The van der Waals surface area contributed by atoms with E-state index < -0.39 is 17.9 Å². The summed E-state index contributed by atoms with van der Waals surface area (Å²) in [7, 11) is 0. The number of rotatable bonds is 10. The van der Waals surface area contributed by atoms with Crippen molar-refractivity contribution in [3.8, 4) is 0 Å². The Morgan fingerprint density at radius 1 is 1.16 bits per heavy atom. The third-order valence-electron chi connectivity index (χ3n) is 6.75. The first-order valence-corrected chi connectivity index (χ1v) is 12.9. The van der Waals surface area contributed by atoms with Crippen molar-refractivity contribution in [2.75, 3.05) is 18.5 Å². The molecule has 2 heterocycles. The van der Waals surface area contributed by atoms with Crippen LogP contribution in [0.15, 0.2) is 42.6 Å². The van der Waals surface area contributed by atoms with Crippen LogP contribution in [0.1, 0.15) is 84.6 Å². The number of aliphatic carboxylic acids is 1. The van der Waals surface area contributed by atoms with Gasteiger partial charge in [-0.1, -0.05) is 49.1 Å². The molecule has 9 heteroatoms. The number of hydrogen-bond donors (Lipinski definition) is 3. The zero-order valence-corrected chi connectivity index (χ0v) is 21.3. The molecule has 1 aromatic carbocycles. The highest BCUT2D eigenvalue weighted by molar-refractivity contribution is 6.00. The molecule has 1 saturated carbocycles. The summed E-state index contributed by atoms with van der Waals surface area (Å²) >= 11 is 0. The van der Waals surface area contributed by atoms with Gasteiger partial charge in [-0.15, -0.1) is 0 Å². The smallest absolute Gasteiger partial charge is 0.325 e. The molecule has 2 aromatic heterocycles. The summed E-state index contributed by atoms with van der Waals surface area (Å²) in [6.45, 7) is 3.97. The number of aromatic nitrogens is 2. The number of pyridine rings is 1. The molecule has 1 amide bonds. The topological polar surface area (TPSA) is 122 Å². The number of anilines is 1. The number of carbonyl (C=O) groups is 3. The quantitative estimate of drug-likeness (QED) is 0.343. The van der Waals surface area contributed by atoms with Crippen LogP contribution in [0.3, 0.4) is 0 Å². The summed E-state index contributed by atoms with van der Waals surface area (Å²) in [5, 5.41) is 15.6. The van der Waals surface area contributed by atoms with E-state index in [1.54, 1.807) is 23.5 Å². The Hall–Kier alpha value is -3.88. The minimum absolute atomic E-state index is 0.00811. The SMILES string of the molecule is CCOC(=O)CNc1c(C2CCCCC2)nc2c(C(=O)NC(CC(=O)O)c3cccc(C)c3)cccn12. The van der Waals surface area contributed by atoms with Gasteiger partial charge in [-0.2, -0.15) is 0 Å². The number of carboxylic acids is 1. The van der Waals surface area contributed by atoms with Gasteiger partial charge in [-0.25, -0.2) is 4.98 Å². The Bertz CT molecular complexity index is 1280. The van der Waals surface area contributed by atoms with Gasteiger partial charge < -0.3 is 20.5 Å².